The number of benzene rings is 1. The quantitative estimate of drug-likeness (QED) is 0.844. The molecular weight excluding hydrogens is 290 g/mol. The summed E-state index contributed by atoms with van der Waals surface area (Å²) < 4.78 is 27.1. The number of nitriles is 1. The summed E-state index contributed by atoms with van der Waals surface area (Å²) in [4.78, 5) is 11.7. The SMILES string of the molecule is CNC(=O)C(C)(C)CNS(=O)(=O)c1cc(C#N)ccc1C. The Morgan fingerprint density at radius 1 is 1.38 bits per heavy atom. The van der Waals surface area contributed by atoms with E-state index in [0.717, 1.165) is 0 Å². The topological polar surface area (TPSA) is 99.1 Å². The molecule has 0 aliphatic heterocycles. The molecule has 114 valence electrons. The van der Waals surface area contributed by atoms with Crippen LogP contribution in [0.4, 0.5) is 0 Å². The fraction of sp³-hybridized carbons (Fsp3) is 0.429. The van der Waals surface area contributed by atoms with Gasteiger partial charge in [0.25, 0.3) is 0 Å². The molecule has 0 aromatic heterocycles. The summed E-state index contributed by atoms with van der Waals surface area (Å²) in [5, 5.41) is 11.4. The van der Waals surface area contributed by atoms with Gasteiger partial charge in [0.2, 0.25) is 15.9 Å². The Bertz CT molecular complexity index is 688. The first-order valence-electron chi connectivity index (χ1n) is 6.36. The Morgan fingerprint density at radius 3 is 2.52 bits per heavy atom. The van der Waals surface area contributed by atoms with Crippen molar-refractivity contribution in [2.75, 3.05) is 13.6 Å². The molecule has 6 nitrogen and oxygen atoms in total. The maximum atomic E-state index is 12.3. The maximum absolute atomic E-state index is 12.3. The predicted molar refractivity (Wildman–Crippen MR) is 78.9 cm³/mol. The third kappa shape index (κ3) is 4.03. The smallest absolute Gasteiger partial charge is 0.240 e. The highest BCUT2D eigenvalue weighted by Gasteiger charge is 2.29. The van der Waals surface area contributed by atoms with Crippen LogP contribution in [0.25, 0.3) is 0 Å². The van der Waals surface area contributed by atoms with Gasteiger partial charge in [-0.2, -0.15) is 5.26 Å². The predicted octanol–water partition coefficient (Wildman–Crippen LogP) is 0.917. The lowest BCUT2D eigenvalue weighted by atomic mass is 9.93. The van der Waals surface area contributed by atoms with Crippen molar-refractivity contribution in [1.82, 2.24) is 10.0 Å². The van der Waals surface area contributed by atoms with E-state index in [2.05, 4.69) is 10.0 Å². The van der Waals surface area contributed by atoms with Crippen LogP contribution in [0.3, 0.4) is 0 Å². The molecule has 1 aromatic rings. The first-order chi connectivity index (χ1) is 9.64. The molecule has 0 radical (unpaired) electrons. The molecule has 0 spiro atoms. The van der Waals surface area contributed by atoms with E-state index in [0.29, 0.717) is 5.56 Å². The molecule has 0 saturated heterocycles. The summed E-state index contributed by atoms with van der Waals surface area (Å²) in [6.07, 6.45) is 0. The van der Waals surface area contributed by atoms with E-state index in [9.17, 15) is 13.2 Å². The molecule has 0 bridgehead atoms. The maximum Gasteiger partial charge on any atom is 0.240 e. The molecule has 1 rings (SSSR count). The number of aryl methyl sites for hydroxylation is 1. The third-order valence-electron chi connectivity index (χ3n) is 3.15. The number of rotatable bonds is 5. The molecule has 0 heterocycles. The van der Waals surface area contributed by atoms with Crippen molar-refractivity contribution in [3.8, 4) is 6.07 Å². The molecule has 2 N–H and O–H groups in total. The van der Waals surface area contributed by atoms with Gasteiger partial charge < -0.3 is 5.32 Å². The minimum absolute atomic E-state index is 0.0365. The van der Waals surface area contributed by atoms with Crippen LogP contribution in [-0.4, -0.2) is 27.9 Å². The van der Waals surface area contributed by atoms with Gasteiger partial charge in [0.1, 0.15) is 0 Å². The molecule has 0 fully saturated rings. The highest BCUT2D eigenvalue weighted by molar-refractivity contribution is 7.89. The molecule has 0 aliphatic carbocycles. The number of amides is 1. The highest BCUT2D eigenvalue weighted by atomic mass is 32.2. The van der Waals surface area contributed by atoms with E-state index in [1.165, 1.54) is 13.1 Å². The number of nitrogens with one attached hydrogen (secondary N) is 2. The summed E-state index contributed by atoms with van der Waals surface area (Å²) in [5.41, 5.74) is -0.0615. The van der Waals surface area contributed by atoms with Crippen LogP contribution in [-0.2, 0) is 14.8 Å². The van der Waals surface area contributed by atoms with Crippen molar-refractivity contribution < 1.29 is 13.2 Å². The molecular formula is C14H19N3O3S. The largest absolute Gasteiger partial charge is 0.359 e. The van der Waals surface area contributed by atoms with Crippen LogP contribution in [0.1, 0.15) is 25.0 Å². The average molecular weight is 309 g/mol. The first-order valence-corrected chi connectivity index (χ1v) is 7.85. The number of carbonyl (C=O) groups is 1. The van der Waals surface area contributed by atoms with Crippen molar-refractivity contribution in [3.05, 3.63) is 29.3 Å². The van der Waals surface area contributed by atoms with Gasteiger partial charge in [0.05, 0.1) is 21.9 Å². The fourth-order valence-electron chi connectivity index (χ4n) is 1.73. The minimum atomic E-state index is -3.78. The Kier molecular flexibility index (Phi) is 5.10. The van der Waals surface area contributed by atoms with Crippen LogP contribution in [0.5, 0.6) is 0 Å². The normalized spacial score (nSPS) is 11.8. The summed E-state index contributed by atoms with van der Waals surface area (Å²) >= 11 is 0. The zero-order valence-corrected chi connectivity index (χ0v) is 13.3. The molecule has 0 aliphatic rings. The fourth-order valence-corrected chi connectivity index (χ4v) is 3.21. The van der Waals surface area contributed by atoms with Gasteiger partial charge in [-0.1, -0.05) is 6.07 Å². The molecule has 7 heteroatoms. The lowest BCUT2D eigenvalue weighted by molar-refractivity contribution is -0.128. The van der Waals surface area contributed by atoms with E-state index in [1.807, 2.05) is 6.07 Å². The molecule has 0 atom stereocenters. The molecule has 1 aromatic carbocycles. The van der Waals surface area contributed by atoms with E-state index < -0.39 is 15.4 Å². The van der Waals surface area contributed by atoms with Crippen LogP contribution < -0.4 is 10.0 Å². The first kappa shape index (κ1) is 17.1. The number of carbonyl (C=O) groups excluding carboxylic acids is 1. The van der Waals surface area contributed by atoms with Crippen molar-refractivity contribution in [3.63, 3.8) is 0 Å². The van der Waals surface area contributed by atoms with E-state index >= 15 is 0 Å². The molecule has 21 heavy (non-hydrogen) atoms. The number of sulfonamides is 1. The standard InChI is InChI=1S/C14H19N3O3S/c1-10-5-6-11(8-15)7-12(10)21(19,20)17-9-14(2,3)13(18)16-4/h5-7,17H,9H2,1-4H3,(H,16,18). The van der Waals surface area contributed by atoms with Crippen LogP contribution in [0, 0.1) is 23.7 Å². The van der Waals surface area contributed by atoms with E-state index in [-0.39, 0.29) is 22.9 Å². The van der Waals surface area contributed by atoms with Gasteiger partial charge in [0, 0.05) is 13.6 Å². The Labute approximate surface area is 125 Å². The van der Waals surface area contributed by atoms with Crippen molar-refractivity contribution in [2.45, 2.75) is 25.7 Å². The van der Waals surface area contributed by atoms with Gasteiger partial charge in [-0.3, -0.25) is 4.79 Å². The van der Waals surface area contributed by atoms with Crippen LogP contribution >= 0.6 is 0 Å². The summed E-state index contributed by atoms with van der Waals surface area (Å²) in [6, 6.07) is 6.37. The zero-order valence-electron chi connectivity index (χ0n) is 12.5. The van der Waals surface area contributed by atoms with Crippen molar-refractivity contribution in [2.24, 2.45) is 5.41 Å². The Balaban J connectivity index is 3.04. The Hall–Kier alpha value is -1.91. The average Bonchev–Trinajstić information content (AvgIpc) is 2.44. The second-order valence-corrected chi connectivity index (χ2v) is 7.12. The second-order valence-electron chi connectivity index (χ2n) is 5.38. The van der Waals surface area contributed by atoms with Gasteiger partial charge >= 0.3 is 0 Å². The monoisotopic (exact) mass is 309 g/mol. The number of hydrogen-bond acceptors (Lipinski definition) is 4. The van der Waals surface area contributed by atoms with Gasteiger partial charge in [-0.25, -0.2) is 13.1 Å². The lowest BCUT2D eigenvalue weighted by Gasteiger charge is -2.23. The molecule has 0 saturated carbocycles. The van der Waals surface area contributed by atoms with Gasteiger partial charge in [0.15, 0.2) is 0 Å². The van der Waals surface area contributed by atoms with Gasteiger partial charge in [-0.05, 0) is 38.5 Å². The summed E-state index contributed by atoms with van der Waals surface area (Å²) in [6.45, 7) is 4.91. The molecule has 0 unspecified atom stereocenters. The van der Waals surface area contributed by atoms with Crippen LogP contribution in [0.2, 0.25) is 0 Å². The lowest BCUT2D eigenvalue weighted by Crippen LogP contribution is -2.43. The Morgan fingerprint density at radius 2 is 2.00 bits per heavy atom. The minimum Gasteiger partial charge on any atom is -0.359 e. The second kappa shape index (κ2) is 6.24. The molecule has 1 amide bonds. The van der Waals surface area contributed by atoms with Crippen molar-refractivity contribution in [1.29, 1.82) is 5.26 Å². The summed E-state index contributed by atoms with van der Waals surface area (Å²) in [7, 11) is -2.28. The van der Waals surface area contributed by atoms with Crippen molar-refractivity contribution >= 4 is 15.9 Å². The van der Waals surface area contributed by atoms with Crippen LogP contribution in [0.15, 0.2) is 23.1 Å². The number of hydrogen-bond donors (Lipinski definition) is 2. The van der Waals surface area contributed by atoms with E-state index in [1.54, 1.807) is 32.9 Å². The van der Waals surface area contributed by atoms with Gasteiger partial charge in [-0.15, -0.1) is 0 Å². The third-order valence-corrected chi connectivity index (χ3v) is 4.70. The zero-order chi connectivity index (χ0) is 16.3. The highest BCUT2D eigenvalue weighted by Crippen LogP contribution is 2.19. The summed E-state index contributed by atoms with van der Waals surface area (Å²) in [5.74, 6) is -0.257. The number of nitrogens with zero attached hydrogens (tertiary/aromatic N) is 1. The van der Waals surface area contributed by atoms with E-state index in [4.69, 9.17) is 5.26 Å².